The average molecular weight is 497 g/mol. The Hall–Kier alpha value is -2.92. The molecule has 7 nitrogen and oxygen atoms in total. The van der Waals surface area contributed by atoms with E-state index >= 15 is 0 Å². The number of sulfonamides is 1. The normalized spacial score (nSPS) is 12.4. The molecule has 2 aromatic carbocycles. The number of halogens is 3. The van der Waals surface area contributed by atoms with Crippen molar-refractivity contribution < 1.29 is 26.4 Å². The van der Waals surface area contributed by atoms with E-state index < -0.39 is 27.7 Å². The van der Waals surface area contributed by atoms with Gasteiger partial charge < -0.3 is 9.88 Å². The first-order valence-electron chi connectivity index (χ1n) is 10.8. The van der Waals surface area contributed by atoms with Crippen molar-refractivity contribution in [1.29, 1.82) is 0 Å². The Morgan fingerprint density at radius 3 is 2.53 bits per heavy atom. The molecular formula is C23H27F3N4O3S. The van der Waals surface area contributed by atoms with Crippen LogP contribution in [-0.4, -0.2) is 42.3 Å². The summed E-state index contributed by atoms with van der Waals surface area (Å²) in [4.78, 5) is 17.1. The molecule has 0 aliphatic heterocycles. The SMILES string of the molecule is CCCCn1c(CCC(=O)Nc2cccc(C(F)(F)F)c2)nc2cc(S(=O)(=O)N(C)C)ccc21. The predicted molar refractivity (Wildman–Crippen MR) is 124 cm³/mol. The van der Waals surface area contributed by atoms with E-state index in [0.717, 1.165) is 34.8 Å². The van der Waals surface area contributed by atoms with Crippen molar-refractivity contribution in [3.63, 3.8) is 0 Å². The second-order valence-electron chi connectivity index (χ2n) is 8.10. The number of anilines is 1. The number of amides is 1. The molecule has 0 saturated carbocycles. The zero-order valence-corrected chi connectivity index (χ0v) is 20.0. The van der Waals surface area contributed by atoms with Gasteiger partial charge >= 0.3 is 6.18 Å². The summed E-state index contributed by atoms with van der Waals surface area (Å²) in [5.74, 6) is 0.173. The number of imidazole rings is 1. The molecule has 0 aliphatic carbocycles. The summed E-state index contributed by atoms with van der Waals surface area (Å²) in [6, 6.07) is 9.22. The van der Waals surface area contributed by atoms with Crippen molar-refractivity contribution >= 4 is 32.7 Å². The molecule has 0 unspecified atom stereocenters. The minimum atomic E-state index is -4.50. The molecule has 1 amide bonds. The van der Waals surface area contributed by atoms with E-state index in [-0.39, 0.29) is 23.4 Å². The molecule has 11 heteroatoms. The number of hydrogen-bond acceptors (Lipinski definition) is 4. The first kappa shape index (κ1) is 25.7. The number of alkyl halides is 3. The fourth-order valence-corrected chi connectivity index (χ4v) is 4.43. The van der Waals surface area contributed by atoms with E-state index in [0.29, 0.717) is 17.9 Å². The van der Waals surface area contributed by atoms with E-state index in [9.17, 15) is 26.4 Å². The fraction of sp³-hybridized carbons (Fsp3) is 0.391. The molecule has 0 atom stereocenters. The zero-order valence-electron chi connectivity index (χ0n) is 19.2. The lowest BCUT2D eigenvalue weighted by atomic mass is 10.2. The van der Waals surface area contributed by atoms with Gasteiger partial charge in [0.05, 0.1) is 21.5 Å². The Labute approximate surface area is 196 Å². The van der Waals surface area contributed by atoms with E-state index in [2.05, 4.69) is 10.3 Å². The molecule has 1 N–H and O–H groups in total. The molecule has 1 heterocycles. The third kappa shape index (κ3) is 5.76. The summed E-state index contributed by atoms with van der Waals surface area (Å²) in [5.41, 5.74) is 0.500. The Morgan fingerprint density at radius 1 is 1.15 bits per heavy atom. The molecular weight excluding hydrogens is 469 g/mol. The quantitative estimate of drug-likeness (QED) is 0.466. The van der Waals surface area contributed by atoms with Crippen LogP contribution in [-0.2, 0) is 34.0 Å². The summed E-state index contributed by atoms with van der Waals surface area (Å²) in [7, 11) is -0.719. The number of unbranched alkanes of at least 4 members (excludes halogenated alkanes) is 1. The maximum atomic E-state index is 12.9. The van der Waals surface area contributed by atoms with E-state index in [1.165, 1.54) is 38.4 Å². The van der Waals surface area contributed by atoms with Gasteiger partial charge in [0.2, 0.25) is 15.9 Å². The smallest absolute Gasteiger partial charge is 0.328 e. The molecule has 0 fully saturated rings. The van der Waals surface area contributed by atoms with Crippen LogP contribution in [0.5, 0.6) is 0 Å². The number of carbonyl (C=O) groups is 1. The molecule has 0 spiro atoms. The fourth-order valence-electron chi connectivity index (χ4n) is 3.51. The summed E-state index contributed by atoms with van der Waals surface area (Å²) in [5, 5.41) is 2.50. The second kappa shape index (κ2) is 10.1. The van der Waals surface area contributed by atoms with Crippen molar-refractivity contribution in [1.82, 2.24) is 13.9 Å². The van der Waals surface area contributed by atoms with Crippen LogP contribution in [0.2, 0.25) is 0 Å². The van der Waals surface area contributed by atoms with Gasteiger partial charge in [-0.3, -0.25) is 4.79 Å². The number of rotatable bonds is 9. The zero-order chi connectivity index (χ0) is 25.1. The number of fused-ring (bicyclic) bond motifs is 1. The number of aromatic nitrogens is 2. The first-order chi connectivity index (χ1) is 15.9. The van der Waals surface area contributed by atoms with Crippen LogP contribution in [0.1, 0.15) is 37.6 Å². The lowest BCUT2D eigenvalue weighted by molar-refractivity contribution is -0.137. The highest BCUT2D eigenvalue weighted by Gasteiger charge is 2.30. The van der Waals surface area contributed by atoms with Crippen molar-refractivity contribution in [3.8, 4) is 0 Å². The lowest BCUT2D eigenvalue weighted by Crippen LogP contribution is -2.22. The number of nitrogens with zero attached hydrogens (tertiary/aromatic N) is 3. The van der Waals surface area contributed by atoms with Crippen molar-refractivity contribution in [3.05, 3.63) is 53.9 Å². The number of hydrogen-bond donors (Lipinski definition) is 1. The van der Waals surface area contributed by atoms with E-state index in [4.69, 9.17) is 0 Å². The van der Waals surface area contributed by atoms with Crippen LogP contribution in [0.3, 0.4) is 0 Å². The van der Waals surface area contributed by atoms with Gasteiger partial charge in [-0.1, -0.05) is 19.4 Å². The Kier molecular flexibility index (Phi) is 7.67. The van der Waals surface area contributed by atoms with Crippen molar-refractivity contribution in [2.45, 2.75) is 50.2 Å². The topological polar surface area (TPSA) is 84.3 Å². The highest BCUT2D eigenvalue weighted by Crippen LogP contribution is 2.30. The Morgan fingerprint density at radius 2 is 1.88 bits per heavy atom. The highest BCUT2D eigenvalue weighted by atomic mass is 32.2. The van der Waals surface area contributed by atoms with Gasteiger partial charge in [0.25, 0.3) is 0 Å². The summed E-state index contributed by atoms with van der Waals surface area (Å²) in [6.45, 7) is 2.69. The van der Waals surface area contributed by atoms with Crippen molar-refractivity contribution in [2.24, 2.45) is 0 Å². The molecule has 0 aliphatic rings. The van der Waals surface area contributed by atoms with Gasteiger partial charge in [-0.05, 0) is 42.8 Å². The number of carbonyl (C=O) groups excluding carboxylic acids is 1. The standard InChI is InChI=1S/C23H27F3N4O3S/c1-4-5-13-30-20-10-9-18(34(32,33)29(2)3)15-19(20)28-21(30)11-12-22(31)27-17-8-6-7-16(14-17)23(24,25)26/h6-10,14-15H,4-5,11-13H2,1-3H3,(H,27,31). The summed E-state index contributed by atoms with van der Waals surface area (Å²) >= 11 is 0. The molecule has 0 bridgehead atoms. The lowest BCUT2D eigenvalue weighted by Gasteiger charge is -2.12. The van der Waals surface area contributed by atoms with Crippen LogP contribution in [0.15, 0.2) is 47.4 Å². The van der Waals surface area contributed by atoms with Gasteiger partial charge in [-0.25, -0.2) is 17.7 Å². The maximum absolute atomic E-state index is 12.9. The highest BCUT2D eigenvalue weighted by molar-refractivity contribution is 7.89. The maximum Gasteiger partial charge on any atom is 0.416 e. The van der Waals surface area contributed by atoms with Gasteiger partial charge in [-0.15, -0.1) is 0 Å². The molecule has 184 valence electrons. The number of nitrogens with one attached hydrogen (secondary N) is 1. The summed E-state index contributed by atoms with van der Waals surface area (Å²) in [6.07, 6.45) is -2.44. The monoisotopic (exact) mass is 496 g/mol. The molecule has 3 rings (SSSR count). The van der Waals surface area contributed by atoms with Crippen LogP contribution in [0.4, 0.5) is 18.9 Å². The Balaban J connectivity index is 1.82. The van der Waals surface area contributed by atoms with Crippen LogP contribution in [0, 0.1) is 0 Å². The van der Waals surface area contributed by atoms with Gasteiger partial charge in [0, 0.05) is 39.2 Å². The van der Waals surface area contributed by atoms with Crippen molar-refractivity contribution in [2.75, 3.05) is 19.4 Å². The second-order valence-corrected chi connectivity index (χ2v) is 10.2. The minimum absolute atomic E-state index is 0.00848. The summed E-state index contributed by atoms with van der Waals surface area (Å²) < 4.78 is 66.8. The van der Waals surface area contributed by atoms with Gasteiger partial charge in [0.1, 0.15) is 5.82 Å². The molecule has 0 radical (unpaired) electrons. The predicted octanol–water partition coefficient (Wildman–Crippen LogP) is 4.68. The number of aryl methyl sites for hydroxylation is 2. The molecule has 0 saturated heterocycles. The van der Waals surface area contributed by atoms with Crippen LogP contribution >= 0.6 is 0 Å². The van der Waals surface area contributed by atoms with Gasteiger partial charge in [0.15, 0.2) is 0 Å². The molecule has 1 aromatic heterocycles. The minimum Gasteiger partial charge on any atom is -0.328 e. The van der Waals surface area contributed by atoms with E-state index in [1.54, 1.807) is 6.07 Å². The first-order valence-corrected chi connectivity index (χ1v) is 12.3. The molecule has 34 heavy (non-hydrogen) atoms. The third-order valence-corrected chi connectivity index (χ3v) is 7.17. The van der Waals surface area contributed by atoms with Crippen LogP contribution < -0.4 is 5.32 Å². The average Bonchev–Trinajstić information content (AvgIpc) is 3.12. The molecule has 3 aromatic rings. The Bertz CT molecular complexity index is 1280. The van der Waals surface area contributed by atoms with E-state index in [1.807, 2.05) is 11.5 Å². The largest absolute Gasteiger partial charge is 0.416 e. The van der Waals surface area contributed by atoms with Gasteiger partial charge in [-0.2, -0.15) is 13.2 Å². The number of benzene rings is 2. The third-order valence-electron chi connectivity index (χ3n) is 5.36. The van der Waals surface area contributed by atoms with Crippen LogP contribution in [0.25, 0.3) is 11.0 Å².